The molecule has 0 bridgehead atoms. The van der Waals surface area contributed by atoms with Gasteiger partial charge in [-0.3, -0.25) is 14.4 Å². The van der Waals surface area contributed by atoms with Crippen molar-refractivity contribution in [2.75, 3.05) is 29.9 Å². The van der Waals surface area contributed by atoms with E-state index >= 15 is 0 Å². The second-order valence-electron chi connectivity index (χ2n) is 11.4. The summed E-state index contributed by atoms with van der Waals surface area (Å²) in [7, 11) is 0. The molecule has 0 aromatic heterocycles. The Morgan fingerprint density at radius 2 is 1.93 bits per heavy atom. The summed E-state index contributed by atoms with van der Waals surface area (Å²) < 4.78 is 0. The van der Waals surface area contributed by atoms with Crippen LogP contribution in [0.3, 0.4) is 0 Å². The van der Waals surface area contributed by atoms with Crippen LogP contribution in [0.5, 0.6) is 0 Å². The fraction of sp³-hybridized carbons (Fsp3) is 0.531. The summed E-state index contributed by atoms with van der Waals surface area (Å²) in [6.07, 6.45) is 9.77. The Bertz CT molecular complexity index is 1220. The number of benzene rings is 1. The third kappa shape index (κ3) is 7.52. The van der Waals surface area contributed by atoms with Crippen molar-refractivity contribution >= 4 is 29.1 Å². The smallest absolute Gasteiger partial charge is 0.264 e. The maximum atomic E-state index is 13.8. The van der Waals surface area contributed by atoms with Crippen LogP contribution in [0.25, 0.3) is 0 Å². The number of likely N-dealkylation sites (tertiary alicyclic amines) is 1. The lowest BCUT2D eigenvalue weighted by atomic mass is 9.82. The average molecular weight is 568 g/mol. The lowest BCUT2D eigenvalue weighted by Crippen LogP contribution is -2.44. The Labute approximate surface area is 243 Å². The lowest BCUT2D eigenvalue weighted by Gasteiger charge is -2.28. The number of aliphatic hydroxyl groups is 3. The summed E-state index contributed by atoms with van der Waals surface area (Å²) in [5.41, 5.74) is 1.70. The number of nitrogens with zero attached hydrogens (tertiary/aromatic N) is 2. The van der Waals surface area contributed by atoms with Crippen molar-refractivity contribution in [1.29, 1.82) is 0 Å². The summed E-state index contributed by atoms with van der Waals surface area (Å²) in [5.74, 6) is -1.87. The topological polar surface area (TPSA) is 130 Å². The van der Waals surface area contributed by atoms with Crippen molar-refractivity contribution in [2.45, 2.75) is 84.5 Å². The maximum Gasteiger partial charge on any atom is 0.264 e. The zero-order valence-electron chi connectivity index (χ0n) is 24.9. The standard InChI is InChI=1S/C32H45N3O6/c1-21(2)9-6-10-22(3)16-18-35-28-15-14-25(33-30(39)24(5)37)19-27(28)32(41,31(35)40)23(4)11-7-13-29(38)34-17-8-12-26(34)20-36/h7,9,11,14-16,19,23-24,26,36-37,41H,6,8,10,12-13,17-18,20H2,1-5H3,(H,33,39)/b11-7+,22-16+/t23-,24-,26-,32+/m0/s1. The molecule has 0 saturated carbocycles. The van der Waals surface area contributed by atoms with Gasteiger partial charge in [0.05, 0.1) is 18.3 Å². The number of rotatable bonds is 12. The molecule has 41 heavy (non-hydrogen) atoms. The zero-order chi connectivity index (χ0) is 30.3. The second-order valence-corrected chi connectivity index (χ2v) is 11.4. The van der Waals surface area contributed by atoms with Gasteiger partial charge in [-0.05, 0) is 71.6 Å². The number of amides is 3. The largest absolute Gasteiger partial charge is 0.394 e. The van der Waals surface area contributed by atoms with Crippen LogP contribution >= 0.6 is 0 Å². The van der Waals surface area contributed by atoms with Gasteiger partial charge < -0.3 is 30.4 Å². The summed E-state index contributed by atoms with van der Waals surface area (Å²) >= 11 is 0. The number of carbonyl (C=O) groups excluding carboxylic acids is 3. The molecule has 4 atom stereocenters. The molecule has 1 saturated heterocycles. The molecule has 0 spiro atoms. The molecule has 0 radical (unpaired) electrons. The number of allylic oxidation sites excluding steroid dienone is 3. The molecule has 2 aliphatic heterocycles. The predicted octanol–water partition coefficient (Wildman–Crippen LogP) is 3.80. The van der Waals surface area contributed by atoms with Gasteiger partial charge in [0, 0.05) is 36.7 Å². The monoisotopic (exact) mass is 567 g/mol. The van der Waals surface area contributed by atoms with Gasteiger partial charge in [-0.25, -0.2) is 0 Å². The number of hydrogen-bond donors (Lipinski definition) is 4. The zero-order valence-corrected chi connectivity index (χ0v) is 24.9. The Balaban J connectivity index is 1.87. The highest BCUT2D eigenvalue weighted by Gasteiger charge is 2.52. The Hall–Kier alpha value is -3.27. The van der Waals surface area contributed by atoms with Crippen molar-refractivity contribution in [3.05, 3.63) is 59.2 Å². The lowest BCUT2D eigenvalue weighted by molar-refractivity contribution is -0.139. The molecule has 9 nitrogen and oxygen atoms in total. The van der Waals surface area contributed by atoms with Crippen molar-refractivity contribution < 1.29 is 29.7 Å². The fourth-order valence-electron chi connectivity index (χ4n) is 5.37. The number of hydrogen-bond acceptors (Lipinski definition) is 6. The van der Waals surface area contributed by atoms with Crippen molar-refractivity contribution in [3.63, 3.8) is 0 Å². The minimum absolute atomic E-state index is 0.0659. The van der Waals surface area contributed by atoms with Crippen molar-refractivity contribution in [1.82, 2.24) is 4.90 Å². The third-order valence-electron chi connectivity index (χ3n) is 7.91. The maximum absolute atomic E-state index is 13.8. The van der Waals surface area contributed by atoms with Crippen LogP contribution in [0, 0.1) is 5.92 Å². The molecular weight excluding hydrogens is 522 g/mol. The molecule has 9 heteroatoms. The highest BCUT2D eigenvalue weighted by atomic mass is 16.3. The first kappa shape index (κ1) is 32.2. The number of nitrogens with one attached hydrogen (secondary N) is 1. The van der Waals surface area contributed by atoms with E-state index in [1.165, 1.54) is 12.5 Å². The fourth-order valence-corrected chi connectivity index (χ4v) is 5.37. The molecule has 224 valence electrons. The van der Waals surface area contributed by atoms with E-state index in [0.717, 1.165) is 31.3 Å². The first-order valence-corrected chi connectivity index (χ1v) is 14.4. The molecule has 2 heterocycles. The van der Waals surface area contributed by atoms with Crippen LogP contribution in [-0.4, -0.2) is 69.8 Å². The molecule has 0 unspecified atom stereocenters. The average Bonchev–Trinajstić information content (AvgIpc) is 3.49. The Morgan fingerprint density at radius 1 is 1.20 bits per heavy atom. The van der Waals surface area contributed by atoms with Crippen LogP contribution in [0.2, 0.25) is 0 Å². The molecule has 1 aromatic carbocycles. The predicted molar refractivity (Wildman–Crippen MR) is 160 cm³/mol. The van der Waals surface area contributed by atoms with Crippen LogP contribution in [-0.2, 0) is 20.0 Å². The molecule has 2 aliphatic rings. The SMILES string of the molecule is CC(C)=CCC/C(C)=C/CN1C(=O)[C@@](O)([C@@H](C)/C=C/CC(=O)N2CCC[C@H]2CO)c2cc(NC(=O)[C@H](C)O)ccc21. The van der Waals surface area contributed by atoms with Gasteiger partial charge in [-0.15, -0.1) is 0 Å². The van der Waals surface area contributed by atoms with E-state index in [1.54, 1.807) is 47.1 Å². The molecule has 3 amide bonds. The summed E-state index contributed by atoms with van der Waals surface area (Å²) in [4.78, 5) is 41.9. The quantitative estimate of drug-likeness (QED) is 0.284. The number of anilines is 2. The van der Waals surface area contributed by atoms with E-state index in [-0.39, 0.29) is 31.5 Å². The number of aliphatic hydroxyl groups excluding tert-OH is 2. The summed E-state index contributed by atoms with van der Waals surface area (Å²) in [6.45, 7) is 10.0. The number of carbonyl (C=O) groups is 3. The summed E-state index contributed by atoms with van der Waals surface area (Å²) in [6, 6.07) is 4.74. The van der Waals surface area contributed by atoms with Gasteiger partial charge in [0.25, 0.3) is 11.8 Å². The normalized spacial score (nSPS) is 22.2. The minimum Gasteiger partial charge on any atom is -0.394 e. The van der Waals surface area contributed by atoms with Gasteiger partial charge in [0.15, 0.2) is 5.60 Å². The molecule has 1 aromatic rings. The Morgan fingerprint density at radius 3 is 2.59 bits per heavy atom. The first-order valence-electron chi connectivity index (χ1n) is 14.4. The van der Waals surface area contributed by atoms with E-state index in [9.17, 15) is 29.7 Å². The highest BCUT2D eigenvalue weighted by Crippen LogP contribution is 2.46. The van der Waals surface area contributed by atoms with E-state index in [4.69, 9.17) is 0 Å². The molecule has 4 N–H and O–H groups in total. The third-order valence-corrected chi connectivity index (χ3v) is 7.91. The van der Waals surface area contributed by atoms with Gasteiger partial charge in [-0.1, -0.05) is 42.4 Å². The van der Waals surface area contributed by atoms with Crippen molar-refractivity contribution in [3.8, 4) is 0 Å². The van der Waals surface area contributed by atoms with E-state index < -0.39 is 29.4 Å². The van der Waals surface area contributed by atoms with Gasteiger partial charge in [-0.2, -0.15) is 0 Å². The molecule has 3 rings (SSSR count). The van der Waals surface area contributed by atoms with Crippen molar-refractivity contribution in [2.24, 2.45) is 5.92 Å². The van der Waals surface area contributed by atoms with E-state index in [0.29, 0.717) is 23.5 Å². The van der Waals surface area contributed by atoms with Gasteiger partial charge in [0.2, 0.25) is 5.91 Å². The number of fused-ring (bicyclic) bond motifs is 1. The molecule has 1 fully saturated rings. The van der Waals surface area contributed by atoms with E-state index in [1.807, 2.05) is 13.0 Å². The van der Waals surface area contributed by atoms with E-state index in [2.05, 4.69) is 25.2 Å². The van der Waals surface area contributed by atoms with Crippen LogP contribution < -0.4 is 10.2 Å². The second kappa shape index (κ2) is 14.1. The highest BCUT2D eigenvalue weighted by molar-refractivity contribution is 6.08. The van der Waals surface area contributed by atoms with Crippen LogP contribution in [0.15, 0.2) is 53.6 Å². The molecule has 0 aliphatic carbocycles. The van der Waals surface area contributed by atoms with Gasteiger partial charge >= 0.3 is 0 Å². The van der Waals surface area contributed by atoms with Gasteiger partial charge in [0.1, 0.15) is 6.10 Å². The first-order chi connectivity index (χ1) is 19.4. The minimum atomic E-state index is -1.93. The van der Waals surface area contributed by atoms with Crippen LogP contribution in [0.1, 0.15) is 72.3 Å². The molecular formula is C32H45N3O6. The van der Waals surface area contributed by atoms with Crippen LogP contribution in [0.4, 0.5) is 11.4 Å². The Kier molecular flexibility index (Phi) is 11.1. The summed E-state index contributed by atoms with van der Waals surface area (Å²) in [5, 5.41) is 33.8.